The second-order valence-electron chi connectivity index (χ2n) is 6.03. The number of fused-ring (bicyclic) bond motifs is 1. The Morgan fingerprint density at radius 2 is 1.86 bits per heavy atom. The van der Waals surface area contributed by atoms with E-state index in [4.69, 9.17) is 27.6 Å². The van der Waals surface area contributed by atoms with Gasteiger partial charge >= 0.3 is 18.9 Å². The number of hydrogen-bond acceptors (Lipinski definition) is 5. The molecule has 0 aliphatic carbocycles. The van der Waals surface area contributed by atoms with E-state index in [1.807, 2.05) is 12.1 Å². The molecule has 0 fully saturated rings. The van der Waals surface area contributed by atoms with Crippen LogP contribution in [0.15, 0.2) is 53.1 Å². The highest BCUT2D eigenvalue weighted by molar-refractivity contribution is 6.47. The number of carbonyl (C=O) groups is 2. The summed E-state index contributed by atoms with van der Waals surface area (Å²) in [6.07, 6.45) is 1.52. The van der Waals surface area contributed by atoms with Crippen molar-refractivity contribution in [1.82, 2.24) is 5.32 Å². The Morgan fingerprint density at radius 1 is 1.11 bits per heavy atom. The molecule has 0 aliphatic rings. The summed E-state index contributed by atoms with van der Waals surface area (Å²) >= 11 is 11.8. The van der Waals surface area contributed by atoms with Gasteiger partial charge in [0, 0.05) is 10.4 Å². The van der Waals surface area contributed by atoms with Crippen LogP contribution in [0.4, 0.5) is 5.69 Å². The number of benzene rings is 2. The minimum absolute atomic E-state index is 0.0472. The van der Waals surface area contributed by atoms with Gasteiger partial charge in [-0.05, 0) is 36.2 Å². The van der Waals surface area contributed by atoms with Crippen LogP contribution in [-0.2, 0) is 16.0 Å². The van der Waals surface area contributed by atoms with E-state index in [1.165, 1.54) is 24.5 Å². The Labute approximate surface area is 170 Å². The molecule has 4 N–H and O–H groups in total. The molecular formula is C18H15BCl2N2O5. The first-order chi connectivity index (χ1) is 13.3. The third-order valence-electron chi connectivity index (χ3n) is 4.06. The molecule has 2 amide bonds. The predicted octanol–water partition coefficient (Wildman–Crippen LogP) is 2.42. The molecule has 3 aromatic rings. The maximum absolute atomic E-state index is 12.2. The first-order valence-electron chi connectivity index (χ1n) is 8.23. The van der Waals surface area contributed by atoms with Crippen LogP contribution >= 0.6 is 23.2 Å². The van der Waals surface area contributed by atoms with Crippen LogP contribution in [0, 0.1) is 0 Å². The summed E-state index contributed by atoms with van der Waals surface area (Å²) in [5, 5.41) is 25.2. The molecule has 7 nitrogen and oxygen atoms in total. The van der Waals surface area contributed by atoms with Crippen molar-refractivity contribution < 1.29 is 24.1 Å². The van der Waals surface area contributed by atoms with Gasteiger partial charge in [0.25, 0.3) is 0 Å². The summed E-state index contributed by atoms with van der Waals surface area (Å²) in [5.41, 5.74) is 1.45. The molecule has 0 spiro atoms. The van der Waals surface area contributed by atoms with Gasteiger partial charge in [0.05, 0.1) is 22.9 Å². The van der Waals surface area contributed by atoms with Crippen molar-refractivity contribution in [3.8, 4) is 0 Å². The summed E-state index contributed by atoms with van der Waals surface area (Å²) in [7, 11) is -1.89. The normalized spacial score (nSPS) is 11.9. The average Bonchev–Trinajstić information content (AvgIpc) is 3.07. The van der Waals surface area contributed by atoms with Crippen LogP contribution in [-0.4, -0.2) is 34.9 Å². The topological polar surface area (TPSA) is 112 Å². The Balaban J connectivity index is 1.70. The predicted molar refractivity (Wildman–Crippen MR) is 107 cm³/mol. The van der Waals surface area contributed by atoms with Gasteiger partial charge in [-0.3, -0.25) is 9.59 Å². The van der Waals surface area contributed by atoms with Gasteiger partial charge < -0.3 is 25.1 Å². The van der Waals surface area contributed by atoms with Crippen LogP contribution < -0.4 is 10.6 Å². The molecule has 1 aromatic heterocycles. The second kappa shape index (κ2) is 8.66. The van der Waals surface area contributed by atoms with Gasteiger partial charge in [-0.1, -0.05) is 41.4 Å². The number of rotatable bonds is 5. The molecule has 28 heavy (non-hydrogen) atoms. The fourth-order valence-electron chi connectivity index (χ4n) is 2.67. The third-order valence-corrected chi connectivity index (χ3v) is 4.62. The zero-order chi connectivity index (χ0) is 20.3. The van der Waals surface area contributed by atoms with E-state index < -0.39 is 24.9 Å². The minimum Gasteiger partial charge on any atom is -0.464 e. The second-order valence-corrected chi connectivity index (χ2v) is 6.88. The highest BCUT2D eigenvalue weighted by Crippen LogP contribution is 2.25. The van der Waals surface area contributed by atoms with Crippen LogP contribution in [0.25, 0.3) is 11.0 Å². The SMILES string of the molecule is O=C(Nc1cc(Cl)ccc1Cl)C(=O)NC(Cc1coc2ccccc12)B(O)O. The highest BCUT2D eigenvalue weighted by Gasteiger charge is 2.29. The summed E-state index contributed by atoms with van der Waals surface area (Å²) in [5.74, 6) is -3.21. The molecule has 10 heteroatoms. The van der Waals surface area contributed by atoms with E-state index >= 15 is 0 Å². The number of carbonyl (C=O) groups excluding carboxylic acids is 2. The van der Waals surface area contributed by atoms with Crippen LogP contribution in [0.2, 0.25) is 10.0 Å². The largest absolute Gasteiger partial charge is 0.475 e. The molecule has 0 aliphatic heterocycles. The standard InChI is InChI=1S/C18H15BCl2N2O5/c20-11-5-6-13(21)14(8-11)22-17(24)18(25)23-16(19(26)27)7-10-9-28-15-4-2-1-3-12(10)15/h1-6,8-9,16,26-27H,7H2,(H,22,24)(H,23,25). The molecule has 1 unspecified atom stereocenters. The van der Waals surface area contributed by atoms with E-state index in [0.29, 0.717) is 16.2 Å². The maximum atomic E-state index is 12.2. The van der Waals surface area contributed by atoms with E-state index in [1.54, 1.807) is 12.1 Å². The first-order valence-corrected chi connectivity index (χ1v) is 8.99. The molecule has 144 valence electrons. The zero-order valence-corrected chi connectivity index (χ0v) is 15.9. The number of halogens is 2. The summed E-state index contributed by atoms with van der Waals surface area (Å²) in [4.78, 5) is 24.3. The average molecular weight is 421 g/mol. The lowest BCUT2D eigenvalue weighted by atomic mass is 9.76. The number of hydrogen-bond donors (Lipinski definition) is 4. The fourth-order valence-corrected chi connectivity index (χ4v) is 3.00. The highest BCUT2D eigenvalue weighted by atomic mass is 35.5. The lowest BCUT2D eigenvalue weighted by molar-refractivity contribution is -0.136. The number of anilines is 1. The molecule has 1 atom stereocenters. The molecule has 3 rings (SSSR count). The molecule has 0 bridgehead atoms. The number of para-hydroxylation sites is 1. The molecule has 2 aromatic carbocycles. The van der Waals surface area contributed by atoms with Crippen molar-refractivity contribution in [1.29, 1.82) is 0 Å². The van der Waals surface area contributed by atoms with Gasteiger partial charge in [-0.2, -0.15) is 0 Å². The van der Waals surface area contributed by atoms with Gasteiger partial charge in [-0.15, -0.1) is 0 Å². The van der Waals surface area contributed by atoms with Crippen LogP contribution in [0.3, 0.4) is 0 Å². The molecular weight excluding hydrogens is 406 g/mol. The van der Waals surface area contributed by atoms with E-state index in [0.717, 1.165) is 5.39 Å². The Bertz CT molecular complexity index is 1020. The maximum Gasteiger partial charge on any atom is 0.475 e. The van der Waals surface area contributed by atoms with Crippen molar-refractivity contribution in [2.75, 3.05) is 5.32 Å². The van der Waals surface area contributed by atoms with Crippen molar-refractivity contribution in [3.05, 3.63) is 64.3 Å². The molecule has 0 radical (unpaired) electrons. The Kier molecular flexibility index (Phi) is 6.26. The van der Waals surface area contributed by atoms with Crippen LogP contribution in [0.1, 0.15) is 5.56 Å². The van der Waals surface area contributed by atoms with Crippen molar-refractivity contribution in [3.63, 3.8) is 0 Å². The lowest BCUT2D eigenvalue weighted by Gasteiger charge is -2.17. The van der Waals surface area contributed by atoms with E-state index in [2.05, 4.69) is 10.6 Å². The molecule has 0 saturated heterocycles. The lowest BCUT2D eigenvalue weighted by Crippen LogP contribution is -2.51. The quantitative estimate of drug-likeness (QED) is 0.374. The van der Waals surface area contributed by atoms with Crippen molar-refractivity contribution in [2.24, 2.45) is 0 Å². The van der Waals surface area contributed by atoms with Gasteiger partial charge in [0.1, 0.15) is 5.58 Å². The first kappa shape index (κ1) is 20.2. The van der Waals surface area contributed by atoms with E-state index in [9.17, 15) is 19.6 Å². The number of nitrogens with one attached hydrogen (secondary N) is 2. The van der Waals surface area contributed by atoms with Crippen molar-refractivity contribution >= 4 is 58.8 Å². The summed E-state index contributed by atoms with van der Waals surface area (Å²) in [6.45, 7) is 0. The zero-order valence-electron chi connectivity index (χ0n) is 14.4. The van der Waals surface area contributed by atoms with Crippen LogP contribution in [0.5, 0.6) is 0 Å². The minimum atomic E-state index is -1.89. The summed E-state index contributed by atoms with van der Waals surface area (Å²) in [6, 6.07) is 11.6. The van der Waals surface area contributed by atoms with Crippen molar-refractivity contribution in [2.45, 2.75) is 12.4 Å². The monoisotopic (exact) mass is 420 g/mol. The third kappa shape index (κ3) is 4.66. The van der Waals surface area contributed by atoms with Gasteiger partial charge in [-0.25, -0.2) is 0 Å². The molecule has 1 heterocycles. The van der Waals surface area contributed by atoms with Gasteiger partial charge in [0.15, 0.2) is 0 Å². The fraction of sp³-hybridized carbons (Fsp3) is 0.111. The number of amides is 2. The van der Waals surface area contributed by atoms with E-state index in [-0.39, 0.29) is 17.1 Å². The van der Waals surface area contributed by atoms with Gasteiger partial charge in [0.2, 0.25) is 0 Å². The smallest absolute Gasteiger partial charge is 0.464 e. The Hall–Kier alpha value is -2.52. The molecule has 0 saturated carbocycles. The summed E-state index contributed by atoms with van der Waals surface area (Å²) < 4.78 is 5.40. The number of furan rings is 1. The Morgan fingerprint density at radius 3 is 2.61 bits per heavy atom.